The second kappa shape index (κ2) is 7.24. The highest BCUT2D eigenvalue weighted by molar-refractivity contribution is 7.90. The Bertz CT molecular complexity index is 1190. The number of imidazole rings is 1. The fourth-order valence-corrected chi connectivity index (χ4v) is 3.50. The number of nitrogens with two attached hydrogens (primary N) is 2. The summed E-state index contributed by atoms with van der Waals surface area (Å²) in [5.41, 5.74) is 12.3. The van der Waals surface area contributed by atoms with E-state index in [9.17, 15) is 13.2 Å². The molecule has 0 fully saturated rings. The van der Waals surface area contributed by atoms with Gasteiger partial charge in [0.1, 0.15) is 5.82 Å². The van der Waals surface area contributed by atoms with E-state index in [1.165, 1.54) is 12.1 Å². The highest BCUT2D eigenvalue weighted by atomic mass is 35.5. The Kier molecular flexibility index (Phi) is 5.13. The van der Waals surface area contributed by atoms with E-state index in [0.717, 1.165) is 11.8 Å². The van der Waals surface area contributed by atoms with E-state index in [1.807, 2.05) is 11.5 Å². The lowest BCUT2D eigenvalue weighted by molar-refractivity contribution is 0.0945. The number of carbonyl (C=O) groups is 1. The van der Waals surface area contributed by atoms with Crippen LogP contribution in [-0.2, 0) is 22.9 Å². The number of hydrogen-bond acceptors (Lipinski definition) is 8. The molecule has 0 aliphatic heterocycles. The Morgan fingerprint density at radius 1 is 1.21 bits per heavy atom. The summed E-state index contributed by atoms with van der Waals surface area (Å²) in [4.78, 5) is 24.6. The van der Waals surface area contributed by atoms with E-state index < -0.39 is 15.7 Å². The molecular weight excluding hydrogens is 406 g/mol. The van der Waals surface area contributed by atoms with Gasteiger partial charge in [0.15, 0.2) is 32.3 Å². The molecule has 3 aromatic rings. The van der Waals surface area contributed by atoms with Crippen LogP contribution in [0, 0.1) is 0 Å². The van der Waals surface area contributed by atoms with Crippen molar-refractivity contribution in [3.8, 4) is 0 Å². The number of benzene rings is 1. The summed E-state index contributed by atoms with van der Waals surface area (Å²) in [6, 6.07) is 4.72. The zero-order valence-corrected chi connectivity index (χ0v) is 16.7. The van der Waals surface area contributed by atoms with Crippen molar-refractivity contribution in [1.29, 1.82) is 0 Å². The van der Waals surface area contributed by atoms with Crippen LogP contribution in [0.25, 0.3) is 11.0 Å². The quantitative estimate of drug-likeness (QED) is 0.547. The minimum atomic E-state index is -3.35. The van der Waals surface area contributed by atoms with Crippen molar-refractivity contribution < 1.29 is 13.2 Å². The van der Waals surface area contributed by atoms with Crippen LogP contribution in [0.15, 0.2) is 23.1 Å². The number of nitrogens with zero attached hydrogens (tertiary/aromatic N) is 4. The number of fused-ring (bicyclic) bond motifs is 1. The minimum Gasteiger partial charge on any atom is -0.382 e. The summed E-state index contributed by atoms with van der Waals surface area (Å²) in [5.74, 6) is -0.241. The smallest absolute Gasteiger partial charge is 0.274 e. The predicted octanol–water partition coefficient (Wildman–Crippen LogP) is 0.998. The topological polar surface area (TPSA) is 159 Å². The first-order valence-electron chi connectivity index (χ1n) is 8.17. The standard InChI is InChI=1S/C16H18ClN7O3S/c1-3-24-10-5-4-8(28(2,26)27)6-9(10)21-11(24)7-20-16(25)12-14(18)23-15(19)13(17)22-12/h4-6H,3,7H2,1-2H3,(H,20,25)(H4,18,19,23). The molecule has 3 rings (SSSR count). The largest absolute Gasteiger partial charge is 0.382 e. The lowest BCUT2D eigenvalue weighted by Crippen LogP contribution is -2.27. The average molecular weight is 424 g/mol. The summed E-state index contributed by atoms with van der Waals surface area (Å²) in [5, 5.41) is 2.54. The Morgan fingerprint density at radius 2 is 1.93 bits per heavy atom. The maximum absolute atomic E-state index is 12.4. The monoisotopic (exact) mass is 423 g/mol. The van der Waals surface area contributed by atoms with Crippen molar-refractivity contribution in [3.63, 3.8) is 0 Å². The van der Waals surface area contributed by atoms with Gasteiger partial charge in [0.25, 0.3) is 5.91 Å². The number of anilines is 2. The van der Waals surface area contributed by atoms with E-state index in [1.54, 1.807) is 6.07 Å². The number of nitrogen functional groups attached to an aromatic ring is 2. The number of carbonyl (C=O) groups excluding carboxylic acids is 1. The predicted molar refractivity (Wildman–Crippen MR) is 106 cm³/mol. The number of rotatable bonds is 5. The summed E-state index contributed by atoms with van der Waals surface area (Å²) in [7, 11) is -3.35. The van der Waals surface area contributed by atoms with Gasteiger partial charge in [-0.15, -0.1) is 0 Å². The Morgan fingerprint density at radius 3 is 2.57 bits per heavy atom. The van der Waals surface area contributed by atoms with Gasteiger partial charge in [-0.1, -0.05) is 11.6 Å². The number of sulfone groups is 1. The average Bonchev–Trinajstić information content (AvgIpc) is 2.98. The molecule has 0 radical (unpaired) electrons. The molecule has 0 spiro atoms. The van der Waals surface area contributed by atoms with E-state index in [2.05, 4.69) is 20.3 Å². The highest BCUT2D eigenvalue weighted by Crippen LogP contribution is 2.21. The maximum Gasteiger partial charge on any atom is 0.274 e. The van der Waals surface area contributed by atoms with Crippen LogP contribution < -0.4 is 16.8 Å². The second-order valence-electron chi connectivity index (χ2n) is 6.01. The zero-order valence-electron chi connectivity index (χ0n) is 15.1. The molecule has 0 aliphatic rings. The molecule has 0 saturated carbocycles. The van der Waals surface area contributed by atoms with Gasteiger partial charge in [-0.25, -0.2) is 23.4 Å². The third-order valence-corrected chi connectivity index (χ3v) is 5.46. The molecule has 1 aromatic carbocycles. The van der Waals surface area contributed by atoms with E-state index in [0.29, 0.717) is 17.9 Å². The highest BCUT2D eigenvalue weighted by Gasteiger charge is 2.18. The molecule has 10 nitrogen and oxygen atoms in total. The van der Waals surface area contributed by atoms with Crippen molar-refractivity contribution in [1.82, 2.24) is 24.8 Å². The van der Waals surface area contributed by atoms with Gasteiger partial charge in [-0.2, -0.15) is 0 Å². The minimum absolute atomic E-state index is 0.0647. The maximum atomic E-state index is 12.4. The summed E-state index contributed by atoms with van der Waals surface area (Å²) in [6.45, 7) is 2.56. The fourth-order valence-electron chi connectivity index (χ4n) is 2.73. The molecule has 28 heavy (non-hydrogen) atoms. The van der Waals surface area contributed by atoms with E-state index >= 15 is 0 Å². The van der Waals surface area contributed by atoms with Gasteiger partial charge in [-0.3, -0.25) is 4.79 Å². The molecule has 0 saturated heterocycles. The number of hydrogen-bond donors (Lipinski definition) is 3. The van der Waals surface area contributed by atoms with Crippen molar-refractivity contribution >= 4 is 50.0 Å². The Hall–Kier alpha value is -2.92. The number of aromatic nitrogens is 4. The van der Waals surface area contributed by atoms with Gasteiger partial charge < -0.3 is 21.4 Å². The third-order valence-electron chi connectivity index (χ3n) is 4.07. The second-order valence-corrected chi connectivity index (χ2v) is 8.38. The number of nitrogens with one attached hydrogen (secondary N) is 1. The lowest BCUT2D eigenvalue weighted by Gasteiger charge is -2.09. The van der Waals surface area contributed by atoms with Gasteiger partial charge in [-0.05, 0) is 25.1 Å². The van der Waals surface area contributed by atoms with Crippen LogP contribution in [0.3, 0.4) is 0 Å². The van der Waals surface area contributed by atoms with Gasteiger partial charge >= 0.3 is 0 Å². The van der Waals surface area contributed by atoms with Crippen molar-refractivity contribution in [3.05, 3.63) is 34.9 Å². The van der Waals surface area contributed by atoms with Crippen LogP contribution in [-0.4, -0.2) is 40.1 Å². The zero-order chi connectivity index (χ0) is 20.6. The third kappa shape index (κ3) is 3.71. The molecule has 0 atom stereocenters. The molecule has 0 unspecified atom stereocenters. The Labute approximate surface area is 165 Å². The molecule has 1 amide bonds. The van der Waals surface area contributed by atoms with Crippen LogP contribution in [0.5, 0.6) is 0 Å². The number of aryl methyl sites for hydroxylation is 1. The SMILES string of the molecule is CCn1c(CNC(=O)c2nc(Cl)c(N)nc2N)nc2cc(S(C)(=O)=O)ccc21. The molecular formula is C16H18ClN7O3S. The summed E-state index contributed by atoms with van der Waals surface area (Å²) in [6.07, 6.45) is 1.13. The van der Waals surface area contributed by atoms with Crippen LogP contribution >= 0.6 is 11.6 Å². The molecule has 148 valence electrons. The molecule has 0 bridgehead atoms. The molecule has 0 aliphatic carbocycles. The number of halogens is 1. The van der Waals surface area contributed by atoms with E-state index in [-0.39, 0.29) is 33.9 Å². The molecule has 5 N–H and O–H groups in total. The van der Waals surface area contributed by atoms with Crippen LogP contribution in [0.1, 0.15) is 23.2 Å². The Balaban J connectivity index is 1.90. The number of amides is 1. The van der Waals surface area contributed by atoms with Crippen LogP contribution in [0.2, 0.25) is 5.15 Å². The molecule has 12 heteroatoms. The lowest BCUT2D eigenvalue weighted by atomic mass is 10.3. The van der Waals surface area contributed by atoms with Gasteiger partial charge in [0, 0.05) is 12.8 Å². The van der Waals surface area contributed by atoms with Crippen molar-refractivity contribution in [2.24, 2.45) is 0 Å². The normalized spacial score (nSPS) is 11.7. The summed E-state index contributed by atoms with van der Waals surface area (Å²) < 4.78 is 25.4. The molecule has 2 aromatic heterocycles. The van der Waals surface area contributed by atoms with Crippen molar-refractivity contribution in [2.45, 2.75) is 24.9 Å². The van der Waals surface area contributed by atoms with Crippen molar-refractivity contribution in [2.75, 3.05) is 17.7 Å². The first-order chi connectivity index (χ1) is 13.1. The molecule has 2 heterocycles. The van der Waals surface area contributed by atoms with Crippen LogP contribution in [0.4, 0.5) is 11.6 Å². The van der Waals surface area contributed by atoms with Gasteiger partial charge in [0.2, 0.25) is 0 Å². The van der Waals surface area contributed by atoms with E-state index in [4.69, 9.17) is 23.1 Å². The van der Waals surface area contributed by atoms with Gasteiger partial charge in [0.05, 0.1) is 22.5 Å². The summed E-state index contributed by atoms with van der Waals surface area (Å²) >= 11 is 5.80. The first kappa shape index (κ1) is 19.8. The fraction of sp³-hybridized carbons (Fsp3) is 0.250. The first-order valence-corrected chi connectivity index (χ1v) is 10.4.